The normalized spacial score (nSPS) is 20.4. The minimum Gasteiger partial charge on any atom is -0.506 e. The summed E-state index contributed by atoms with van der Waals surface area (Å²) in [5.74, 6) is 0.825. The molecular formula is C27H28N2O4. The summed E-state index contributed by atoms with van der Waals surface area (Å²) in [4.78, 5) is 30.3. The minimum absolute atomic E-state index is 0.0112. The molecule has 6 heteroatoms. The molecule has 2 unspecified atom stereocenters. The predicted molar refractivity (Wildman–Crippen MR) is 127 cm³/mol. The van der Waals surface area contributed by atoms with Crippen LogP contribution in [0.2, 0.25) is 0 Å². The van der Waals surface area contributed by atoms with Crippen LogP contribution in [0.25, 0.3) is 10.8 Å². The van der Waals surface area contributed by atoms with Gasteiger partial charge in [-0.3, -0.25) is 9.59 Å². The summed E-state index contributed by atoms with van der Waals surface area (Å²) in [6, 6.07) is 18.5. The number of rotatable bonds is 4. The number of methoxy groups -OCH3 is 1. The molecule has 2 aliphatic heterocycles. The van der Waals surface area contributed by atoms with Gasteiger partial charge in [0, 0.05) is 30.9 Å². The molecule has 2 amide bonds. The van der Waals surface area contributed by atoms with Crippen LogP contribution in [0, 0.1) is 0 Å². The van der Waals surface area contributed by atoms with Gasteiger partial charge in [-0.1, -0.05) is 42.5 Å². The van der Waals surface area contributed by atoms with E-state index in [4.69, 9.17) is 4.74 Å². The Labute approximate surface area is 193 Å². The summed E-state index contributed by atoms with van der Waals surface area (Å²) in [7, 11) is 1.65. The third-order valence-corrected chi connectivity index (χ3v) is 7.02. The zero-order valence-electron chi connectivity index (χ0n) is 18.7. The molecule has 3 aromatic rings. The molecule has 3 aromatic carbocycles. The molecule has 0 saturated carbocycles. The van der Waals surface area contributed by atoms with E-state index in [1.807, 2.05) is 41.3 Å². The number of carbonyl (C=O) groups excluding carboxylic acids is 2. The van der Waals surface area contributed by atoms with Crippen molar-refractivity contribution in [1.82, 2.24) is 9.80 Å². The molecule has 5 rings (SSSR count). The smallest absolute Gasteiger partial charge is 0.258 e. The average Bonchev–Trinajstić information content (AvgIpc) is 3.54. The summed E-state index contributed by atoms with van der Waals surface area (Å²) in [6.07, 6.45) is 2.35. The number of hydrogen-bond acceptors (Lipinski definition) is 4. The fraction of sp³-hybridized carbons (Fsp3) is 0.333. The Balaban J connectivity index is 1.32. The molecular weight excluding hydrogens is 416 g/mol. The van der Waals surface area contributed by atoms with Crippen LogP contribution in [0.15, 0.2) is 60.7 Å². The number of aromatic hydroxyl groups is 1. The number of phenolic OH excluding ortho intramolecular Hbond substituents is 1. The number of likely N-dealkylation sites (tertiary alicyclic amines) is 2. The monoisotopic (exact) mass is 444 g/mol. The third-order valence-electron chi connectivity index (χ3n) is 7.02. The molecule has 170 valence electrons. The highest BCUT2D eigenvalue weighted by atomic mass is 16.5. The Kier molecular flexibility index (Phi) is 5.67. The standard InChI is InChI=1S/C27H28N2O4/c1-33-21-11-8-18(9-12-21)20-14-16-28(17-20)27(32)24-7-4-15-29(24)26(31)23-13-10-19-5-2-3-6-22(19)25(23)30/h2-3,5-6,8-13,20,24,30H,4,7,14-17H2,1H3. The van der Waals surface area contributed by atoms with Gasteiger partial charge in [0.05, 0.1) is 12.7 Å². The zero-order chi connectivity index (χ0) is 22.9. The lowest BCUT2D eigenvalue weighted by atomic mass is 9.98. The number of carbonyl (C=O) groups is 2. The lowest BCUT2D eigenvalue weighted by molar-refractivity contribution is -0.134. The number of phenols is 1. The van der Waals surface area contributed by atoms with Crippen LogP contribution in [-0.4, -0.2) is 59.5 Å². The molecule has 2 fully saturated rings. The van der Waals surface area contributed by atoms with E-state index in [-0.39, 0.29) is 29.0 Å². The number of ether oxygens (including phenoxy) is 1. The van der Waals surface area contributed by atoms with Gasteiger partial charge in [-0.15, -0.1) is 0 Å². The summed E-state index contributed by atoms with van der Waals surface area (Å²) < 4.78 is 5.24. The van der Waals surface area contributed by atoms with Crippen LogP contribution in [0.5, 0.6) is 11.5 Å². The molecule has 6 nitrogen and oxygen atoms in total. The Morgan fingerprint density at radius 1 is 0.970 bits per heavy atom. The fourth-order valence-corrected chi connectivity index (χ4v) is 5.17. The maximum Gasteiger partial charge on any atom is 0.258 e. The molecule has 2 atom stereocenters. The van der Waals surface area contributed by atoms with Crippen LogP contribution in [0.3, 0.4) is 0 Å². The van der Waals surface area contributed by atoms with Crippen LogP contribution in [-0.2, 0) is 4.79 Å². The number of nitrogens with zero attached hydrogens (tertiary/aromatic N) is 2. The van der Waals surface area contributed by atoms with Crippen molar-refractivity contribution >= 4 is 22.6 Å². The molecule has 2 heterocycles. The van der Waals surface area contributed by atoms with Crippen LogP contribution in [0.4, 0.5) is 0 Å². The second kappa shape index (κ2) is 8.77. The van der Waals surface area contributed by atoms with E-state index in [2.05, 4.69) is 12.1 Å². The van der Waals surface area contributed by atoms with Gasteiger partial charge in [-0.05, 0) is 48.4 Å². The van der Waals surface area contributed by atoms with E-state index in [1.54, 1.807) is 24.1 Å². The van der Waals surface area contributed by atoms with Gasteiger partial charge in [-0.25, -0.2) is 0 Å². The SMILES string of the molecule is COc1ccc(C2CCN(C(=O)C3CCCN3C(=O)c3ccc4ccccc4c3O)C2)cc1. The van der Waals surface area contributed by atoms with E-state index in [0.717, 1.165) is 24.0 Å². The maximum atomic E-state index is 13.4. The van der Waals surface area contributed by atoms with Crippen LogP contribution >= 0.6 is 0 Å². The van der Waals surface area contributed by atoms with E-state index in [9.17, 15) is 14.7 Å². The van der Waals surface area contributed by atoms with E-state index < -0.39 is 6.04 Å². The van der Waals surface area contributed by atoms with E-state index in [0.29, 0.717) is 31.4 Å². The first-order valence-electron chi connectivity index (χ1n) is 11.5. The van der Waals surface area contributed by atoms with Crippen molar-refractivity contribution in [2.45, 2.75) is 31.2 Å². The molecule has 0 radical (unpaired) electrons. The largest absolute Gasteiger partial charge is 0.506 e. The molecule has 33 heavy (non-hydrogen) atoms. The quantitative estimate of drug-likeness (QED) is 0.656. The highest BCUT2D eigenvalue weighted by Gasteiger charge is 2.39. The molecule has 1 N–H and O–H groups in total. The molecule has 0 bridgehead atoms. The van der Waals surface area contributed by atoms with Crippen molar-refractivity contribution in [2.75, 3.05) is 26.7 Å². The van der Waals surface area contributed by atoms with Gasteiger partial charge in [0.2, 0.25) is 5.91 Å². The van der Waals surface area contributed by atoms with Crippen LogP contribution in [0.1, 0.15) is 41.1 Å². The number of fused-ring (bicyclic) bond motifs is 1. The molecule has 2 saturated heterocycles. The highest BCUT2D eigenvalue weighted by molar-refractivity contribution is 6.05. The Morgan fingerprint density at radius 2 is 1.76 bits per heavy atom. The zero-order valence-corrected chi connectivity index (χ0v) is 18.7. The Hall–Kier alpha value is -3.54. The fourth-order valence-electron chi connectivity index (χ4n) is 5.17. The van der Waals surface area contributed by atoms with Gasteiger partial charge >= 0.3 is 0 Å². The lowest BCUT2D eigenvalue weighted by Crippen LogP contribution is -2.47. The minimum atomic E-state index is -0.474. The lowest BCUT2D eigenvalue weighted by Gasteiger charge is -2.28. The topological polar surface area (TPSA) is 70.1 Å². The van der Waals surface area contributed by atoms with Gasteiger partial charge in [0.15, 0.2) is 0 Å². The Morgan fingerprint density at radius 3 is 2.55 bits per heavy atom. The first-order chi connectivity index (χ1) is 16.1. The van der Waals surface area contributed by atoms with Crippen molar-refractivity contribution in [1.29, 1.82) is 0 Å². The maximum absolute atomic E-state index is 13.4. The van der Waals surface area contributed by atoms with Gasteiger partial charge in [-0.2, -0.15) is 0 Å². The van der Waals surface area contributed by atoms with E-state index >= 15 is 0 Å². The average molecular weight is 445 g/mol. The first-order valence-corrected chi connectivity index (χ1v) is 11.5. The second-order valence-electron chi connectivity index (χ2n) is 8.88. The number of hydrogen-bond donors (Lipinski definition) is 1. The van der Waals surface area contributed by atoms with Crippen molar-refractivity contribution in [2.24, 2.45) is 0 Å². The molecule has 2 aliphatic rings. The van der Waals surface area contributed by atoms with Crippen molar-refractivity contribution in [3.8, 4) is 11.5 Å². The summed E-state index contributed by atoms with van der Waals surface area (Å²) in [5, 5.41) is 12.3. The number of amides is 2. The van der Waals surface area contributed by atoms with Crippen molar-refractivity contribution in [3.63, 3.8) is 0 Å². The summed E-state index contributed by atoms with van der Waals surface area (Å²) >= 11 is 0. The van der Waals surface area contributed by atoms with E-state index in [1.165, 1.54) is 5.56 Å². The molecule has 0 aromatic heterocycles. The molecule has 0 spiro atoms. The van der Waals surface area contributed by atoms with Gasteiger partial charge in [0.1, 0.15) is 17.5 Å². The van der Waals surface area contributed by atoms with Gasteiger partial charge < -0.3 is 19.6 Å². The van der Waals surface area contributed by atoms with Crippen molar-refractivity contribution in [3.05, 3.63) is 71.8 Å². The van der Waals surface area contributed by atoms with Gasteiger partial charge in [0.25, 0.3) is 5.91 Å². The second-order valence-corrected chi connectivity index (χ2v) is 8.88. The predicted octanol–water partition coefficient (Wildman–Crippen LogP) is 4.17. The first kappa shape index (κ1) is 21.3. The van der Waals surface area contributed by atoms with Crippen molar-refractivity contribution < 1.29 is 19.4 Å². The summed E-state index contributed by atoms with van der Waals surface area (Å²) in [6.45, 7) is 1.87. The summed E-state index contributed by atoms with van der Waals surface area (Å²) in [5.41, 5.74) is 1.46. The third kappa shape index (κ3) is 3.90. The number of benzene rings is 3. The molecule has 0 aliphatic carbocycles. The van der Waals surface area contributed by atoms with Crippen LogP contribution < -0.4 is 4.74 Å². The Bertz CT molecular complexity index is 1190. The highest BCUT2D eigenvalue weighted by Crippen LogP contribution is 2.33.